The van der Waals surface area contributed by atoms with Crippen LogP contribution in [0.5, 0.6) is 0 Å². The van der Waals surface area contributed by atoms with Gasteiger partial charge >= 0.3 is 0 Å². The first-order valence-corrected chi connectivity index (χ1v) is 8.66. The zero-order chi connectivity index (χ0) is 18.3. The Kier molecular flexibility index (Phi) is 4.02. The number of carbonyl (C=O) groups excluding carboxylic acids is 1. The quantitative estimate of drug-likeness (QED) is 0.717. The van der Waals surface area contributed by atoms with E-state index in [-0.39, 0.29) is 11.9 Å². The lowest BCUT2D eigenvalue weighted by Gasteiger charge is -2.26. The van der Waals surface area contributed by atoms with Gasteiger partial charge in [0.05, 0.1) is 17.9 Å². The van der Waals surface area contributed by atoms with E-state index in [0.29, 0.717) is 11.2 Å². The second kappa shape index (κ2) is 6.36. The Hall–Kier alpha value is -3.03. The minimum Gasteiger partial charge on any atom is -0.348 e. The van der Waals surface area contributed by atoms with Crippen LogP contribution in [0.25, 0.3) is 5.65 Å². The molecule has 8 heteroatoms. The van der Waals surface area contributed by atoms with Gasteiger partial charge in [-0.05, 0) is 25.8 Å². The molecule has 8 nitrogen and oxygen atoms in total. The number of carbonyl (C=O) groups is 1. The van der Waals surface area contributed by atoms with E-state index < -0.39 is 0 Å². The molecular weight excluding hydrogens is 330 g/mol. The molecule has 1 fully saturated rings. The van der Waals surface area contributed by atoms with Crippen LogP contribution in [0.2, 0.25) is 0 Å². The lowest BCUT2D eigenvalue weighted by Crippen LogP contribution is -2.26. The lowest BCUT2D eigenvalue weighted by molar-refractivity contribution is 0.0829. The maximum atomic E-state index is 12.4. The summed E-state index contributed by atoms with van der Waals surface area (Å²) in [7, 11) is 3.46. The zero-order valence-corrected chi connectivity index (χ0v) is 15.1. The van der Waals surface area contributed by atoms with Gasteiger partial charge in [-0.1, -0.05) is 0 Å². The number of hydrogen-bond donors (Lipinski definition) is 0. The second-order valence-corrected chi connectivity index (χ2v) is 6.73. The predicted molar refractivity (Wildman–Crippen MR) is 97.1 cm³/mol. The molecule has 3 aromatic heterocycles. The highest BCUT2D eigenvalue weighted by molar-refractivity contribution is 5.99. The van der Waals surface area contributed by atoms with Crippen LogP contribution in [0, 0.1) is 6.92 Å². The Morgan fingerprint density at radius 1 is 1.27 bits per heavy atom. The Bertz CT molecular complexity index is 965. The van der Waals surface area contributed by atoms with Gasteiger partial charge in [0.25, 0.3) is 5.91 Å². The molecule has 0 unspecified atom stereocenters. The molecule has 1 atom stereocenters. The molecule has 0 saturated carbocycles. The van der Waals surface area contributed by atoms with Crippen molar-refractivity contribution in [3.63, 3.8) is 0 Å². The Labute approximate surface area is 151 Å². The number of aromatic nitrogens is 5. The highest BCUT2D eigenvalue weighted by Gasteiger charge is 2.30. The summed E-state index contributed by atoms with van der Waals surface area (Å²) in [6.45, 7) is 2.89. The molecule has 0 spiro atoms. The van der Waals surface area contributed by atoms with Crippen LogP contribution >= 0.6 is 0 Å². The van der Waals surface area contributed by atoms with Gasteiger partial charge in [0.2, 0.25) is 0 Å². The maximum absolute atomic E-state index is 12.4. The van der Waals surface area contributed by atoms with E-state index in [1.807, 2.05) is 19.1 Å². The van der Waals surface area contributed by atoms with Crippen molar-refractivity contribution < 1.29 is 4.79 Å². The third-order valence-corrected chi connectivity index (χ3v) is 4.74. The third-order valence-electron chi connectivity index (χ3n) is 4.74. The van der Waals surface area contributed by atoms with E-state index in [9.17, 15) is 4.79 Å². The summed E-state index contributed by atoms with van der Waals surface area (Å²) in [5.41, 5.74) is 3.06. The van der Waals surface area contributed by atoms with Gasteiger partial charge in [0.15, 0.2) is 5.65 Å². The fraction of sp³-hybridized carbons (Fsp3) is 0.389. The highest BCUT2D eigenvalue weighted by Crippen LogP contribution is 2.35. The summed E-state index contributed by atoms with van der Waals surface area (Å²) < 4.78 is 1.79. The molecular formula is C18H21N7O. The number of fused-ring (bicyclic) bond motifs is 1. The molecule has 0 aliphatic carbocycles. The molecule has 134 valence electrons. The van der Waals surface area contributed by atoms with E-state index >= 15 is 0 Å². The fourth-order valence-electron chi connectivity index (χ4n) is 3.50. The molecule has 1 saturated heterocycles. The van der Waals surface area contributed by atoms with Crippen molar-refractivity contribution in [3.8, 4) is 0 Å². The monoisotopic (exact) mass is 351 g/mol. The molecule has 1 aliphatic heterocycles. The summed E-state index contributed by atoms with van der Waals surface area (Å²) in [6.07, 6.45) is 7.02. The number of hydrogen-bond acceptors (Lipinski definition) is 6. The first-order chi connectivity index (χ1) is 12.6. The van der Waals surface area contributed by atoms with Gasteiger partial charge in [-0.15, -0.1) is 0 Å². The normalized spacial score (nSPS) is 17.0. The lowest BCUT2D eigenvalue weighted by atomic mass is 10.1. The summed E-state index contributed by atoms with van der Waals surface area (Å²) in [4.78, 5) is 29.2. The Balaban J connectivity index is 1.78. The predicted octanol–water partition coefficient (Wildman–Crippen LogP) is 1.87. The van der Waals surface area contributed by atoms with Gasteiger partial charge < -0.3 is 9.80 Å². The third kappa shape index (κ3) is 2.67. The van der Waals surface area contributed by atoms with Crippen LogP contribution in [0.1, 0.15) is 40.6 Å². The van der Waals surface area contributed by atoms with Crippen molar-refractivity contribution in [2.75, 3.05) is 25.5 Å². The Morgan fingerprint density at radius 3 is 2.88 bits per heavy atom. The number of nitrogens with zero attached hydrogens (tertiary/aromatic N) is 7. The zero-order valence-electron chi connectivity index (χ0n) is 15.1. The van der Waals surface area contributed by atoms with Crippen molar-refractivity contribution in [2.45, 2.75) is 25.8 Å². The van der Waals surface area contributed by atoms with Crippen LogP contribution < -0.4 is 4.90 Å². The maximum Gasteiger partial charge on any atom is 0.258 e. The standard InChI is InChI=1S/C18H21N7O/c1-12-9-16(21-11-20-12)24-8-4-5-14(24)15-6-7-19-17-13(10-22-25(15)17)18(26)23(2)3/h6-7,9-11,14H,4-5,8H2,1-3H3/t14-/m1/s1. The number of rotatable bonds is 3. The second-order valence-electron chi connectivity index (χ2n) is 6.73. The SMILES string of the molecule is Cc1cc(N2CCC[C@@H]2c2ccnc3c(C(=O)N(C)C)cnn23)ncn1. The molecule has 1 aliphatic rings. The number of aryl methyl sites for hydroxylation is 1. The topological polar surface area (TPSA) is 79.5 Å². The summed E-state index contributed by atoms with van der Waals surface area (Å²) in [5, 5.41) is 4.46. The average Bonchev–Trinajstić information content (AvgIpc) is 3.28. The Morgan fingerprint density at radius 2 is 2.12 bits per heavy atom. The van der Waals surface area contributed by atoms with Crippen molar-refractivity contribution in [1.29, 1.82) is 0 Å². The van der Waals surface area contributed by atoms with Crippen molar-refractivity contribution in [2.24, 2.45) is 0 Å². The van der Waals surface area contributed by atoms with Crippen molar-refractivity contribution >= 4 is 17.4 Å². The molecule has 26 heavy (non-hydrogen) atoms. The smallest absolute Gasteiger partial charge is 0.258 e. The van der Waals surface area contributed by atoms with Crippen LogP contribution in [-0.2, 0) is 0 Å². The molecule has 3 aromatic rings. The van der Waals surface area contributed by atoms with Crippen LogP contribution in [0.15, 0.2) is 30.9 Å². The summed E-state index contributed by atoms with van der Waals surface area (Å²) in [5.74, 6) is 0.820. The van der Waals surface area contributed by atoms with Crippen molar-refractivity contribution in [1.82, 2.24) is 29.5 Å². The van der Waals surface area contributed by atoms with Gasteiger partial charge in [-0.2, -0.15) is 5.10 Å². The minimum atomic E-state index is -0.0978. The molecule has 1 amide bonds. The van der Waals surface area contributed by atoms with Crippen LogP contribution in [0.3, 0.4) is 0 Å². The molecule has 0 radical (unpaired) electrons. The van der Waals surface area contributed by atoms with Crippen LogP contribution in [0.4, 0.5) is 5.82 Å². The largest absolute Gasteiger partial charge is 0.348 e. The average molecular weight is 351 g/mol. The van der Waals surface area contributed by atoms with Crippen molar-refractivity contribution in [3.05, 3.63) is 47.8 Å². The van der Waals surface area contributed by atoms with Gasteiger partial charge in [0.1, 0.15) is 17.7 Å². The van der Waals surface area contributed by atoms with Gasteiger partial charge in [0, 0.05) is 38.6 Å². The number of amides is 1. The van der Waals surface area contributed by atoms with E-state index in [4.69, 9.17) is 0 Å². The molecule has 4 rings (SSSR count). The van der Waals surface area contributed by atoms with Gasteiger partial charge in [-0.25, -0.2) is 19.5 Å². The summed E-state index contributed by atoms with van der Waals surface area (Å²) >= 11 is 0. The summed E-state index contributed by atoms with van der Waals surface area (Å²) in [6, 6.07) is 4.11. The first-order valence-electron chi connectivity index (χ1n) is 8.66. The molecule has 0 aromatic carbocycles. The van der Waals surface area contributed by atoms with E-state index in [1.54, 1.807) is 37.3 Å². The van der Waals surface area contributed by atoms with Gasteiger partial charge in [-0.3, -0.25) is 4.79 Å². The minimum absolute atomic E-state index is 0.0978. The molecule has 0 bridgehead atoms. The molecule has 0 N–H and O–H groups in total. The molecule has 4 heterocycles. The van der Waals surface area contributed by atoms with E-state index in [2.05, 4.69) is 25.0 Å². The van der Waals surface area contributed by atoms with E-state index in [0.717, 1.165) is 36.6 Å². The highest BCUT2D eigenvalue weighted by atomic mass is 16.2. The fourth-order valence-corrected chi connectivity index (χ4v) is 3.50. The number of anilines is 1. The van der Waals surface area contributed by atoms with E-state index in [1.165, 1.54) is 4.90 Å². The van der Waals surface area contributed by atoms with Crippen LogP contribution in [-0.4, -0.2) is 56.0 Å². The first kappa shape index (κ1) is 16.4.